The van der Waals surface area contributed by atoms with Crippen molar-refractivity contribution in [2.24, 2.45) is 5.92 Å². The van der Waals surface area contributed by atoms with Gasteiger partial charge in [0.15, 0.2) is 9.76 Å². The Morgan fingerprint density at radius 1 is 0.927 bits per heavy atom. The second-order valence-corrected chi connectivity index (χ2v) is 17.9. The van der Waals surface area contributed by atoms with E-state index >= 15 is 0 Å². The maximum atomic E-state index is 13.3. The number of hydrogen-bond acceptors (Lipinski definition) is 8. The zero-order chi connectivity index (χ0) is 39.6. The van der Waals surface area contributed by atoms with Crippen molar-refractivity contribution in [3.8, 4) is 11.5 Å². The van der Waals surface area contributed by atoms with Gasteiger partial charge in [-0.1, -0.05) is 101 Å². The summed E-state index contributed by atoms with van der Waals surface area (Å²) in [6.07, 6.45) is 8.18. The number of hydrogen-bond donors (Lipinski definition) is 2. The van der Waals surface area contributed by atoms with Gasteiger partial charge in [-0.25, -0.2) is 4.79 Å². The number of rotatable bonds is 19. The fraction of sp³-hybridized carbons (Fsp3) is 0.455. The summed E-state index contributed by atoms with van der Waals surface area (Å²) in [4.78, 5) is 28.2. The number of aryl methyl sites for hydroxylation is 1. The minimum atomic E-state index is -1.16. The van der Waals surface area contributed by atoms with E-state index in [4.69, 9.17) is 23.4 Å². The number of benzene rings is 3. The first-order chi connectivity index (χ1) is 26.4. The molecule has 0 spiro atoms. The lowest BCUT2D eigenvalue weighted by atomic mass is 9.79. The molecule has 0 saturated carbocycles. The third-order valence-corrected chi connectivity index (χ3v) is 13.2. The highest BCUT2D eigenvalue weighted by atomic mass is 28.2. The van der Waals surface area contributed by atoms with Crippen LogP contribution < -0.4 is 20.7 Å². The van der Waals surface area contributed by atoms with Gasteiger partial charge < -0.3 is 28.5 Å². The van der Waals surface area contributed by atoms with Crippen molar-refractivity contribution in [1.82, 2.24) is 9.55 Å². The quantitative estimate of drug-likeness (QED) is 0.0455. The molecule has 3 aromatic carbocycles. The molecule has 10 nitrogen and oxygen atoms in total. The molecule has 3 atom stereocenters. The van der Waals surface area contributed by atoms with Crippen LogP contribution in [0.1, 0.15) is 88.3 Å². The smallest absolute Gasteiger partial charge is 0.330 e. The van der Waals surface area contributed by atoms with Gasteiger partial charge in [0.1, 0.15) is 28.9 Å². The Balaban J connectivity index is 1.69. The van der Waals surface area contributed by atoms with Crippen molar-refractivity contribution in [1.29, 1.82) is 0 Å². The minimum Gasteiger partial charge on any atom is -0.497 e. The summed E-state index contributed by atoms with van der Waals surface area (Å²) in [7, 11) is 2.13. The zero-order valence-electron chi connectivity index (χ0n) is 33.4. The van der Waals surface area contributed by atoms with Gasteiger partial charge in [-0.15, -0.1) is 0 Å². The summed E-state index contributed by atoms with van der Waals surface area (Å²) in [6, 6.07) is 25.9. The maximum Gasteiger partial charge on any atom is 0.330 e. The molecular weight excluding hydrogens is 713 g/mol. The van der Waals surface area contributed by atoms with E-state index in [1.54, 1.807) is 27.3 Å². The third-order valence-electron chi connectivity index (χ3n) is 11.1. The average molecular weight is 771 g/mol. The molecule has 2 N–H and O–H groups in total. The van der Waals surface area contributed by atoms with E-state index in [1.165, 1.54) is 4.57 Å². The molecule has 0 amide bonds. The van der Waals surface area contributed by atoms with Gasteiger partial charge in [0.05, 0.1) is 26.9 Å². The highest BCUT2D eigenvalue weighted by molar-refractivity contribution is 6.32. The minimum absolute atomic E-state index is 0.0237. The Hall–Kier alpha value is -4.26. The van der Waals surface area contributed by atoms with Crippen molar-refractivity contribution in [3.05, 3.63) is 140 Å². The molecule has 296 valence electrons. The number of unbranched alkanes of at least 4 members (excludes halogenated alkanes) is 3. The molecular formula is C44H58N2O8Si. The van der Waals surface area contributed by atoms with Crippen LogP contribution in [0.3, 0.4) is 0 Å². The van der Waals surface area contributed by atoms with Crippen LogP contribution in [-0.2, 0) is 19.5 Å². The summed E-state index contributed by atoms with van der Waals surface area (Å²) < 4.78 is 34.2. The molecule has 5 rings (SSSR count). The van der Waals surface area contributed by atoms with Gasteiger partial charge in [-0.3, -0.25) is 14.3 Å². The van der Waals surface area contributed by atoms with Gasteiger partial charge in [0.2, 0.25) is 0 Å². The third kappa shape index (κ3) is 9.59. The molecule has 0 aliphatic carbocycles. The van der Waals surface area contributed by atoms with Crippen molar-refractivity contribution >= 4 is 9.76 Å². The molecule has 1 fully saturated rings. The second-order valence-electron chi connectivity index (χ2n) is 15.5. The molecule has 4 aromatic rings. The number of methoxy groups -OCH3 is 2. The van der Waals surface area contributed by atoms with E-state index in [-0.39, 0.29) is 18.3 Å². The van der Waals surface area contributed by atoms with Gasteiger partial charge in [0.25, 0.3) is 5.56 Å². The molecule has 55 heavy (non-hydrogen) atoms. The van der Waals surface area contributed by atoms with Gasteiger partial charge in [-0.05, 0) is 78.1 Å². The van der Waals surface area contributed by atoms with Crippen LogP contribution in [0.4, 0.5) is 0 Å². The van der Waals surface area contributed by atoms with E-state index < -0.39 is 44.5 Å². The topological polar surface area (TPSA) is 121 Å². The molecule has 0 bridgehead atoms. The fourth-order valence-electron chi connectivity index (χ4n) is 6.87. The summed E-state index contributed by atoms with van der Waals surface area (Å²) in [6.45, 7) is 10.8. The molecule has 11 heteroatoms. The molecule has 1 aliphatic rings. The zero-order valence-corrected chi connectivity index (χ0v) is 34.8. The standard InChI is InChI=1S/C44H58N2O8Si/c1-31(2)42(4,5)55-54-38-28-39(46-29-32(3)40(48)45-41(46)49)53-43(38,26-14-9-8-10-15-27-47)30-52-44(33-16-12-11-13-17-33,34-18-22-36(50-6)23-19-34)35-20-24-37(51-7)25-21-35/h11-14,16-26,29,31,38-39,47H,8-10,15,27-28,30,55H2,1-7H3,(H,45,48,49)/t38?,39-,43-/m1/s1. The lowest BCUT2D eigenvalue weighted by molar-refractivity contribution is -0.133. The molecule has 0 radical (unpaired) electrons. The van der Waals surface area contributed by atoms with E-state index in [1.807, 2.05) is 66.7 Å². The van der Waals surface area contributed by atoms with Gasteiger partial charge in [-0.2, -0.15) is 0 Å². The summed E-state index contributed by atoms with van der Waals surface area (Å²) in [5, 5.41) is 9.36. The summed E-state index contributed by atoms with van der Waals surface area (Å²) >= 11 is 0. The number of aliphatic hydroxyl groups is 1. The Bertz CT molecular complexity index is 1910. The van der Waals surface area contributed by atoms with Crippen LogP contribution in [-0.4, -0.2) is 63.6 Å². The van der Waals surface area contributed by atoms with Crippen molar-refractivity contribution in [3.63, 3.8) is 0 Å². The SMILES string of the molecule is COc1ccc(C(OC[C@@]2(C=CCCCCCO)O[C@@H](n3cc(C)c(=O)[nH]c3=O)CC2O[SiH2]C(C)(C)C(C)C)(c2ccccc2)c2ccc(OC)cc2)cc1. The van der Waals surface area contributed by atoms with E-state index in [0.29, 0.717) is 17.9 Å². The highest BCUT2D eigenvalue weighted by Crippen LogP contribution is 2.46. The molecule has 1 aliphatic heterocycles. The maximum absolute atomic E-state index is 13.3. The number of aliphatic hydroxyl groups excluding tert-OH is 1. The van der Waals surface area contributed by atoms with Crippen molar-refractivity contribution in [2.45, 2.75) is 95.3 Å². The van der Waals surface area contributed by atoms with Crippen LogP contribution in [0, 0.1) is 12.8 Å². The number of nitrogens with zero attached hydrogens (tertiary/aromatic N) is 1. The second kappa shape index (κ2) is 18.6. The number of nitrogens with one attached hydrogen (secondary N) is 1. The van der Waals surface area contributed by atoms with Crippen LogP contribution in [0.5, 0.6) is 11.5 Å². The molecule has 1 aromatic heterocycles. The molecule has 1 unspecified atom stereocenters. The first kappa shape index (κ1) is 41.9. The first-order valence-electron chi connectivity index (χ1n) is 19.3. The van der Waals surface area contributed by atoms with E-state index in [2.05, 4.69) is 57.0 Å². The highest BCUT2D eigenvalue weighted by Gasteiger charge is 2.52. The van der Waals surface area contributed by atoms with Gasteiger partial charge >= 0.3 is 5.69 Å². The lowest BCUT2D eigenvalue weighted by Gasteiger charge is -2.41. The Kier molecular flexibility index (Phi) is 14.2. The molecule has 2 heterocycles. The van der Waals surface area contributed by atoms with Crippen LogP contribution in [0.15, 0.2) is 107 Å². The Labute approximate surface area is 327 Å². The van der Waals surface area contributed by atoms with E-state index in [9.17, 15) is 14.7 Å². The number of aromatic nitrogens is 2. The summed E-state index contributed by atoms with van der Waals surface area (Å²) in [5.41, 5.74) is -0.168. The lowest BCUT2D eigenvalue weighted by Crippen LogP contribution is -2.48. The number of ether oxygens (including phenoxy) is 4. The Morgan fingerprint density at radius 2 is 1.53 bits per heavy atom. The van der Waals surface area contributed by atoms with E-state index in [0.717, 1.165) is 53.9 Å². The number of allylic oxidation sites excluding steroid dienone is 1. The van der Waals surface area contributed by atoms with Crippen molar-refractivity contribution < 1.29 is 28.5 Å². The van der Waals surface area contributed by atoms with Gasteiger partial charge in [0, 0.05) is 24.8 Å². The number of H-pyrrole nitrogens is 1. The van der Waals surface area contributed by atoms with Crippen molar-refractivity contribution in [2.75, 3.05) is 27.4 Å². The van der Waals surface area contributed by atoms with Crippen LogP contribution in [0.2, 0.25) is 5.04 Å². The fourth-order valence-corrected chi connectivity index (χ4v) is 8.25. The van der Waals surface area contributed by atoms with Crippen LogP contribution in [0.25, 0.3) is 0 Å². The largest absolute Gasteiger partial charge is 0.497 e. The first-order valence-corrected chi connectivity index (χ1v) is 20.6. The summed E-state index contributed by atoms with van der Waals surface area (Å²) in [5.74, 6) is 1.83. The Morgan fingerprint density at radius 3 is 2.09 bits per heavy atom. The normalized spacial score (nSPS) is 19.2. The predicted molar refractivity (Wildman–Crippen MR) is 219 cm³/mol. The monoisotopic (exact) mass is 770 g/mol. The average Bonchev–Trinajstić information content (AvgIpc) is 3.55. The predicted octanol–water partition coefficient (Wildman–Crippen LogP) is 6.96. The van der Waals surface area contributed by atoms with Crippen LogP contribution >= 0.6 is 0 Å². The number of aromatic amines is 1. The molecule has 1 saturated heterocycles.